The van der Waals surface area contributed by atoms with Crippen LogP contribution in [-0.4, -0.2) is 33.8 Å². The van der Waals surface area contributed by atoms with Crippen molar-refractivity contribution >= 4 is 29.4 Å². The lowest BCUT2D eigenvalue weighted by atomic mass is 10.1. The number of nitrogens with one attached hydrogen (secondary N) is 1. The SMILES string of the molecule is CCCCc1noc(C)c1C=Cc1nc(C)c(C(=O)NC(C)CO)s1. The van der Waals surface area contributed by atoms with Gasteiger partial charge in [-0.3, -0.25) is 4.79 Å². The largest absolute Gasteiger partial charge is 0.394 e. The van der Waals surface area contributed by atoms with Gasteiger partial charge in [-0.05, 0) is 45.8 Å². The Kier molecular flexibility index (Phi) is 6.90. The molecule has 0 aliphatic heterocycles. The zero-order valence-electron chi connectivity index (χ0n) is 15.1. The highest BCUT2D eigenvalue weighted by atomic mass is 32.1. The number of nitrogens with zero attached hydrogens (tertiary/aromatic N) is 2. The molecule has 0 bridgehead atoms. The summed E-state index contributed by atoms with van der Waals surface area (Å²) in [4.78, 5) is 17.2. The van der Waals surface area contributed by atoms with Crippen molar-refractivity contribution in [1.82, 2.24) is 15.5 Å². The van der Waals surface area contributed by atoms with E-state index in [4.69, 9.17) is 9.63 Å². The van der Waals surface area contributed by atoms with Gasteiger partial charge in [-0.2, -0.15) is 0 Å². The van der Waals surface area contributed by atoms with Gasteiger partial charge in [0.2, 0.25) is 0 Å². The van der Waals surface area contributed by atoms with Crippen molar-refractivity contribution in [3.8, 4) is 0 Å². The zero-order valence-corrected chi connectivity index (χ0v) is 15.9. The third-order valence-corrected chi connectivity index (χ3v) is 4.93. The van der Waals surface area contributed by atoms with E-state index >= 15 is 0 Å². The molecule has 1 amide bonds. The number of carbonyl (C=O) groups is 1. The van der Waals surface area contributed by atoms with Crippen molar-refractivity contribution in [1.29, 1.82) is 0 Å². The Hall–Kier alpha value is -1.99. The topological polar surface area (TPSA) is 88.2 Å². The summed E-state index contributed by atoms with van der Waals surface area (Å²) in [6.45, 7) is 7.50. The van der Waals surface area contributed by atoms with E-state index in [2.05, 4.69) is 22.4 Å². The summed E-state index contributed by atoms with van der Waals surface area (Å²) in [5.74, 6) is 0.575. The minimum atomic E-state index is -0.284. The molecule has 6 nitrogen and oxygen atoms in total. The predicted molar refractivity (Wildman–Crippen MR) is 99.6 cm³/mol. The third kappa shape index (κ3) is 4.99. The molecule has 2 rings (SSSR count). The molecule has 0 aliphatic rings. The second-order valence-corrected chi connectivity index (χ2v) is 7.09. The minimum absolute atomic E-state index is 0.0936. The minimum Gasteiger partial charge on any atom is -0.394 e. The summed E-state index contributed by atoms with van der Waals surface area (Å²) in [7, 11) is 0. The highest BCUT2D eigenvalue weighted by molar-refractivity contribution is 7.14. The molecule has 0 aliphatic carbocycles. The van der Waals surface area contributed by atoms with E-state index in [9.17, 15) is 4.79 Å². The summed E-state index contributed by atoms with van der Waals surface area (Å²) < 4.78 is 5.30. The Balaban J connectivity index is 2.16. The van der Waals surface area contributed by atoms with E-state index in [0.717, 1.165) is 41.3 Å². The number of hydrogen-bond donors (Lipinski definition) is 2. The van der Waals surface area contributed by atoms with Crippen LogP contribution in [0.2, 0.25) is 0 Å². The zero-order chi connectivity index (χ0) is 18.4. The van der Waals surface area contributed by atoms with Crippen molar-refractivity contribution in [3.05, 3.63) is 32.6 Å². The third-order valence-electron chi connectivity index (χ3n) is 3.81. The fraction of sp³-hybridized carbons (Fsp3) is 0.500. The van der Waals surface area contributed by atoms with Crippen LogP contribution in [0.5, 0.6) is 0 Å². The van der Waals surface area contributed by atoms with Crippen molar-refractivity contribution < 1.29 is 14.4 Å². The van der Waals surface area contributed by atoms with Crippen LogP contribution >= 0.6 is 11.3 Å². The molecule has 0 aromatic carbocycles. The first-order chi connectivity index (χ1) is 12.0. The smallest absolute Gasteiger partial charge is 0.263 e. The van der Waals surface area contributed by atoms with Crippen LogP contribution in [0.3, 0.4) is 0 Å². The highest BCUT2D eigenvalue weighted by Crippen LogP contribution is 2.23. The lowest BCUT2D eigenvalue weighted by Gasteiger charge is -2.09. The Bertz CT molecular complexity index is 749. The molecular formula is C18H25N3O3S. The van der Waals surface area contributed by atoms with E-state index in [1.54, 1.807) is 6.92 Å². The second-order valence-electron chi connectivity index (χ2n) is 6.06. The Morgan fingerprint density at radius 2 is 2.16 bits per heavy atom. The van der Waals surface area contributed by atoms with Crippen LogP contribution in [0, 0.1) is 13.8 Å². The number of unbranched alkanes of at least 4 members (excludes halogenated alkanes) is 1. The summed E-state index contributed by atoms with van der Waals surface area (Å²) in [6.07, 6.45) is 6.89. The molecule has 0 saturated heterocycles. The summed E-state index contributed by atoms with van der Waals surface area (Å²) in [5.41, 5.74) is 2.63. The van der Waals surface area contributed by atoms with Gasteiger partial charge < -0.3 is 14.9 Å². The van der Waals surface area contributed by atoms with Gasteiger partial charge >= 0.3 is 0 Å². The van der Waals surface area contributed by atoms with Gasteiger partial charge in [-0.15, -0.1) is 11.3 Å². The van der Waals surface area contributed by atoms with E-state index < -0.39 is 0 Å². The first-order valence-electron chi connectivity index (χ1n) is 8.48. The predicted octanol–water partition coefficient (Wildman–Crippen LogP) is 3.37. The molecule has 0 saturated carbocycles. The molecule has 2 heterocycles. The van der Waals surface area contributed by atoms with Gasteiger partial charge in [0.15, 0.2) is 0 Å². The fourth-order valence-corrected chi connectivity index (χ4v) is 3.22. The van der Waals surface area contributed by atoms with Crippen molar-refractivity contribution in [2.75, 3.05) is 6.61 Å². The van der Waals surface area contributed by atoms with Gasteiger partial charge in [-0.1, -0.05) is 18.5 Å². The van der Waals surface area contributed by atoms with Crippen LogP contribution in [-0.2, 0) is 6.42 Å². The lowest BCUT2D eigenvalue weighted by molar-refractivity contribution is 0.0925. The van der Waals surface area contributed by atoms with E-state index in [1.807, 2.05) is 26.0 Å². The van der Waals surface area contributed by atoms with Crippen LogP contribution < -0.4 is 5.32 Å². The maximum Gasteiger partial charge on any atom is 0.263 e. The molecular weight excluding hydrogens is 338 g/mol. The first kappa shape index (κ1) is 19.3. The normalized spacial score (nSPS) is 12.7. The standard InChI is InChI=1S/C18H25N3O3S/c1-5-6-7-15-14(13(4)24-21-15)8-9-16-20-12(3)17(25-16)18(23)19-11(2)10-22/h8-9,11,22H,5-7,10H2,1-4H3,(H,19,23). The van der Waals surface area contributed by atoms with Gasteiger partial charge in [0.25, 0.3) is 5.91 Å². The molecule has 25 heavy (non-hydrogen) atoms. The van der Waals surface area contributed by atoms with Gasteiger partial charge in [0.1, 0.15) is 15.6 Å². The van der Waals surface area contributed by atoms with Crippen molar-refractivity contribution in [2.24, 2.45) is 0 Å². The van der Waals surface area contributed by atoms with Gasteiger partial charge in [-0.25, -0.2) is 4.98 Å². The van der Waals surface area contributed by atoms with E-state index in [1.165, 1.54) is 11.3 Å². The summed E-state index contributed by atoms with van der Waals surface area (Å²) in [6, 6.07) is -0.284. The number of aromatic nitrogens is 2. The fourth-order valence-electron chi connectivity index (χ4n) is 2.35. The van der Waals surface area contributed by atoms with Crippen molar-refractivity contribution in [3.63, 3.8) is 0 Å². The van der Waals surface area contributed by atoms with Crippen LogP contribution in [0.4, 0.5) is 0 Å². The summed E-state index contributed by atoms with van der Waals surface area (Å²) in [5, 5.41) is 16.7. The number of aryl methyl sites for hydroxylation is 3. The van der Waals surface area contributed by atoms with Crippen molar-refractivity contribution in [2.45, 2.75) is 53.0 Å². The van der Waals surface area contributed by atoms with Crippen LogP contribution in [0.25, 0.3) is 12.2 Å². The number of amides is 1. The molecule has 1 unspecified atom stereocenters. The average Bonchev–Trinajstić information content (AvgIpc) is 3.13. The maximum absolute atomic E-state index is 12.2. The van der Waals surface area contributed by atoms with Gasteiger partial charge in [0.05, 0.1) is 18.0 Å². The molecule has 7 heteroatoms. The molecule has 1 atom stereocenters. The number of aliphatic hydroxyl groups is 1. The van der Waals surface area contributed by atoms with E-state index in [0.29, 0.717) is 10.6 Å². The Morgan fingerprint density at radius 1 is 1.40 bits per heavy atom. The quantitative estimate of drug-likeness (QED) is 0.751. The number of thiazole rings is 1. The van der Waals surface area contributed by atoms with E-state index in [-0.39, 0.29) is 18.6 Å². The molecule has 136 valence electrons. The monoisotopic (exact) mass is 363 g/mol. The molecule has 0 radical (unpaired) electrons. The molecule has 2 N–H and O–H groups in total. The van der Waals surface area contributed by atoms with Gasteiger partial charge in [0, 0.05) is 11.6 Å². The number of carbonyl (C=O) groups excluding carboxylic acids is 1. The Morgan fingerprint density at radius 3 is 2.84 bits per heavy atom. The summed E-state index contributed by atoms with van der Waals surface area (Å²) >= 11 is 1.33. The Labute approximate surface area is 152 Å². The molecule has 2 aromatic rings. The number of hydrogen-bond acceptors (Lipinski definition) is 6. The maximum atomic E-state index is 12.2. The highest BCUT2D eigenvalue weighted by Gasteiger charge is 2.16. The van der Waals surface area contributed by atoms with Crippen LogP contribution in [0.1, 0.15) is 64.1 Å². The first-order valence-corrected chi connectivity index (χ1v) is 9.30. The molecule has 0 spiro atoms. The second kappa shape index (κ2) is 8.92. The molecule has 0 fully saturated rings. The lowest BCUT2D eigenvalue weighted by Crippen LogP contribution is -2.34. The molecule has 2 aromatic heterocycles. The average molecular weight is 363 g/mol. The number of rotatable bonds is 8. The van der Waals surface area contributed by atoms with Crippen LogP contribution in [0.15, 0.2) is 4.52 Å². The number of aliphatic hydroxyl groups excluding tert-OH is 1.